The van der Waals surface area contributed by atoms with Crippen molar-refractivity contribution in [3.8, 4) is 0 Å². The quantitative estimate of drug-likeness (QED) is 0.778. The van der Waals surface area contributed by atoms with Crippen LogP contribution in [0.15, 0.2) is 22.7 Å². The first-order valence-electron chi connectivity index (χ1n) is 7.16. The Hall–Kier alpha value is -1.10. The van der Waals surface area contributed by atoms with Crippen LogP contribution in [0.2, 0.25) is 0 Å². The van der Waals surface area contributed by atoms with E-state index in [9.17, 15) is 9.18 Å². The van der Waals surface area contributed by atoms with E-state index in [1.165, 1.54) is 12.1 Å². The normalized spacial score (nSPS) is 14.9. The van der Waals surface area contributed by atoms with E-state index in [1.807, 2.05) is 20.8 Å². The zero-order valence-corrected chi connectivity index (χ0v) is 14.2. The molecule has 0 heterocycles. The van der Waals surface area contributed by atoms with Crippen LogP contribution in [-0.4, -0.2) is 23.1 Å². The van der Waals surface area contributed by atoms with Gasteiger partial charge in [0.15, 0.2) is 0 Å². The minimum absolute atomic E-state index is 0.295. The predicted octanol–water partition coefficient (Wildman–Crippen LogP) is 4.74. The molecular weight excluding hydrogens is 337 g/mol. The standard InChI is InChI=1S/C16H21BrFNO2/c1-16(2,3)21-15(20)19(9-11-4-5-11)10-12-6-7-13(18)8-14(12)17/h6-8,11H,4-5,9-10H2,1-3H3. The van der Waals surface area contributed by atoms with Crippen LogP contribution in [0.5, 0.6) is 0 Å². The number of benzene rings is 1. The van der Waals surface area contributed by atoms with Crippen LogP contribution < -0.4 is 0 Å². The molecule has 0 aliphatic heterocycles. The molecule has 1 amide bonds. The van der Waals surface area contributed by atoms with Gasteiger partial charge in [-0.2, -0.15) is 0 Å². The fourth-order valence-corrected chi connectivity index (χ4v) is 2.47. The molecular formula is C16H21BrFNO2. The zero-order chi connectivity index (χ0) is 15.6. The molecule has 1 aromatic carbocycles. The van der Waals surface area contributed by atoms with Crippen molar-refractivity contribution in [2.24, 2.45) is 5.92 Å². The lowest BCUT2D eigenvalue weighted by molar-refractivity contribution is 0.0224. The van der Waals surface area contributed by atoms with E-state index in [0.717, 1.165) is 18.4 Å². The Bertz CT molecular complexity index is 523. The summed E-state index contributed by atoms with van der Waals surface area (Å²) in [5, 5.41) is 0. The van der Waals surface area contributed by atoms with Gasteiger partial charge < -0.3 is 9.64 Å². The second-order valence-electron chi connectivity index (χ2n) is 6.54. The Morgan fingerprint density at radius 1 is 1.43 bits per heavy atom. The minimum Gasteiger partial charge on any atom is -0.444 e. The molecule has 0 saturated heterocycles. The van der Waals surface area contributed by atoms with Gasteiger partial charge in [0.2, 0.25) is 0 Å². The van der Waals surface area contributed by atoms with Crippen molar-refractivity contribution < 1.29 is 13.9 Å². The van der Waals surface area contributed by atoms with Gasteiger partial charge in [0, 0.05) is 11.0 Å². The first-order chi connectivity index (χ1) is 9.74. The second kappa shape index (κ2) is 6.34. The van der Waals surface area contributed by atoms with Gasteiger partial charge in [-0.25, -0.2) is 9.18 Å². The highest BCUT2D eigenvalue weighted by Gasteiger charge is 2.29. The molecule has 1 aliphatic carbocycles. The van der Waals surface area contributed by atoms with E-state index < -0.39 is 5.60 Å². The molecule has 5 heteroatoms. The van der Waals surface area contributed by atoms with E-state index in [2.05, 4.69) is 15.9 Å². The van der Waals surface area contributed by atoms with Crippen LogP contribution >= 0.6 is 15.9 Å². The molecule has 0 aromatic heterocycles. The van der Waals surface area contributed by atoms with Crippen LogP contribution in [0.4, 0.5) is 9.18 Å². The first kappa shape index (κ1) is 16.3. The summed E-state index contributed by atoms with van der Waals surface area (Å²) in [7, 11) is 0. The molecule has 0 radical (unpaired) electrons. The predicted molar refractivity (Wildman–Crippen MR) is 83.5 cm³/mol. The third-order valence-electron chi connectivity index (χ3n) is 3.20. The average Bonchev–Trinajstić information content (AvgIpc) is 3.13. The van der Waals surface area contributed by atoms with Crippen molar-refractivity contribution in [1.82, 2.24) is 4.90 Å². The Labute approximate surface area is 133 Å². The first-order valence-corrected chi connectivity index (χ1v) is 7.96. The summed E-state index contributed by atoms with van der Waals surface area (Å²) in [4.78, 5) is 14.0. The molecule has 0 atom stereocenters. The number of nitrogens with zero attached hydrogens (tertiary/aromatic N) is 1. The van der Waals surface area contributed by atoms with Gasteiger partial charge in [-0.3, -0.25) is 0 Å². The Kier molecular flexibility index (Phi) is 4.91. The minimum atomic E-state index is -0.515. The lowest BCUT2D eigenvalue weighted by Gasteiger charge is -2.27. The molecule has 3 nitrogen and oxygen atoms in total. The number of carbonyl (C=O) groups is 1. The maximum absolute atomic E-state index is 13.2. The molecule has 0 N–H and O–H groups in total. The van der Waals surface area contributed by atoms with Crippen molar-refractivity contribution >= 4 is 22.0 Å². The molecule has 1 fully saturated rings. The van der Waals surface area contributed by atoms with Crippen LogP contribution in [0.25, 0.3) is 0 Å². The van der Waals surface area contributed by atoms with Gasteiger partial charge in [-0.1, -0.05) is 22.0 Å². The summed E-state index contributed by atoms with van der Waals surface area (Å²) >= 11 is 3.35. The number of amides is 1. The largest absolute Gasteiger partial charge is 0.444 e. The van der Waals surface area contributed by atoms with Crippen molar-refractivity contribution in [3.05, 3.63) is 34.1 Å². The monoisotopic (exact) mass is 357 g/mol. The average molecular weight is 358 g/mol. The third kappa shape index (κ3) is 5.30. The molecule has 2 rings (SSSR count). The fourth-order valence-electron chi connectivity index (χ4n) is 2.00. The molecule has 0 unspecified atom stereocenters. The maximum atomic E-state index is 13.2. The lowest BCUT2D eigenvalue weighted by atomic mass is 10.2. The van der Waals surface area contributed by atoms with Gasteiger partial charge in [0.1, 0.15) is 11.4 Å². The van der Waals surface area contributed by atoms with Crippen molar-refractivity contribution in [2.45, 2.75) is 45.8 Å². The van der Waals surface area contributed by atoms with Gasteiger partial charge in [0.25, 0.3) is 0 Å². The SMILES string of the molecule is CC(C)(C)OC(=O)N(Cc1ccc(F)cc1Br)CC1CC1. The fraction of sp³-hybridized carbons (Fsp3) is 0.562. The number of hydrogen-bond acceptors (Lipinski definition) is 2. The maximum Gasteiger partial charge on any atom is 0.410 e. The highest BCUT2D eigenvalue weighted by atomic mass is 79.9. The smallest absolute Gasteiger partial charge is 0.410 e. The summed E-state index contributed by atoms with van der Waals surface area (Å²) in [6, 6.07) is 4.52. The highest BCUT2D eigenvalue weighted by molar-refractivity contribution is 9.10. The van der Waals surface area contributed by atoms with Crippen LogP contribution in [0.1, 0.15) is 39.2 Å². The zero-order valence-electron chi connectivity index (χ0n) is 12.7. The molecule has 1 saturated carbocycles. The van der Waals surface area contributed by atoms with E-state index in [0.29, 0.717) is 23.5 Å². The molecule has 1 aromatic rings. The number of carbonyl (C=O) groups excluding carboxylic acids is 1. The van der Waals surface area contributed by atoms with Gasteiger partial charge >= 0.3 is 6.09 Å². The number of rotatable bonds is 4. The molecule has 0 spiro atoms. The number of halogens is 2. The van der Waals surface area contributed by atoms with Crippen molar-refractivity contribution in [2.75, 3.05) is 6.54 Å². The lowest BCUT2D eigenvalue weighted by Crippen LogP contribution is -2.37. The van der Waals surface area contributed by atoms with Crippen molar-refractivity contribution in [1.29, 1.82) is 0 Å². The van der Waals surface area contributed by atoms with E-state index in [1.54, 1.807) is 11.0 Å². The summed E-state index contributed by atoms with van der Waals surface area (Å²) in [6.07, 6.45) is 2.00. The Balaban J connectivity index is 2.10. The summed E-state index contributed by atoms with van der Waals surface area (Å²) in [5.74, 6) is 0.272. The Morgan fingerprint density at radius 3 is 2.62 bits per heavy atom. The van der Waals surface area contributed by atoms with E-state index in [-0.39, 0.29) is 11.9 Å². The van der Waals surface area contributed by atoms with E-state index >= 15 is 0 Å². The van der Waals surface area contributed by atoms with Gasteiger partial charge in [-0.15, -0.1) is 0 Å². The van der Waals surface area contributed by atoms with Crippen LogP contribution in [0, 0.1) is 11.7 Å². The highest BCUT2D eigenvalue weighted by Crippen LogP contribution is 2.31. The Morgan fingerprint density at radius 2 is 2.10 bits per heavy atom. The van der Waals surface area contributed by atoms with E-state index in [4.69, 9.17) is 4.74 Å². The topological polar surface area (TPSA) is 29.5 Å². The summed E-state index contributed by atoms with van der Waals surface area (Å²) < 4.78 is 19.3. The molecule has 21 heavy (non-hydrogen) atoms. The van der Waals surface area contributed by atoms with Crippen LogP contribution in [0.3, 0.4) is 0 Å². The molecule has 1 aliphatic rings. The van der Waals surface area contributed by atoms with Crippen LogP contribution in [-0.2, 0) is 11.3 Å². The molecule has 0 bridgehead atoms. The number of hydrogen-bond donors (Lipinski definition) is 0. The van der Waals surface area contributed by atoms with Crippen molar-refractivity contribution in [3.63, 3.8) is 0 Å². The molecule has 116 valence electrons. The number of ether oxygens (including phenoxy) is 1. The summed E-state index contributed by atoms with van der Waals surface area (Å²) in [6.45, 7) is 6.68. The second-order valence-corrected chi connectivity index (χ2v) is 7.39. The third-order valence-corrected chi connectivity index (χ3v) is 3.94. The van der Waals surface area contributed by atoms with Gasteiger partial charge in [0.05, 0.1) is 6.54 Å². The van der Waals surface area contributed by atoms with Gasteiger partial charge in [-0.05, 0) is 57.2 Å². The summed E-state index contributed by atoms with van der Waals surface area (Å²) in [5.41, 5.74) is 0.363.